The first-order chi connectivity index (χ1) is 13.3. The van der Waals surface area contributed by atoms with Crippen molar-refractivity contribution in [3.63, 3.8) is 0 Å². The number of hydrogen-bond donors (Lipinski definition) is 2. The van der Waals surface area contributed by atoms with Crippen LogP contribution in [0.15, 0.2) is 69.8 Å². The fourth-order valence-corrected chi connectivity index (χ4v) is 4.10. The maximum atomic E-state index is 12.6. The van der Waals surface area contributed by atoms with Gasteiger partial charge in [0.25, 0.3) is 0 Å². The predicted molar refractivity (Wildman–Crippen MR) is 120 cm³/mol. The van der Waals surface area contributed by atoms with E-state index in [4.69, 9.17) is 4.84 Å². The van der Waals surface area contributed by atoms with Crippen LogP contribution in [0.1, 0.15) is 26.8 Å². The van der Waals surface area contributed by atoms with Crippen LogP contribution in [-0.4, -0.2) is 38.0 Å². The molecule has 29 heavy (non-hydrogen) atoms. The molecule has 0 bridgehead atoms. The van der Waals surface area contributed by atoms with Gasteiger partial charge in [-0.1, -0.05) is 49.0 Å². The highest BCUT2D eigenvalue weighted by molar-refractivity contribution is 8.17. The van der Waals surface area contributed by atoms with Gasteiger partial charge in [-0.2, -0.15) is 4.72 Å². The van der Waals surface area contributed by atoms with Crippen LogP contribution in [0.3, 0.4) is 0 Å². The van der Waals surface area contributed by atoms with Crippen LogP contribution in [0.2, 0.25) is 0 Å². The molecule has 1 aromatic carbocycles. The first kappa shape index (κ1) is 26.6. The summed E-state index contributed by atoms with van der Waals surface area (Å²) in [5.41, 5.74) is 0.722. The minimum atomic E-state index is -3.99. The van der Waals surface area contributed by atoms with Gasteiger partial charge in [-0.15, -0.1) is 11.8 Å². The lowest BCUT2D eigenvalue weighted by Crippen LogP contribution is -2.42. The number of aliphatic carboxylic acids is 1. The quantitative estimate of drug-likeness (QED) is 0.234. The molecule has 0 amide bonds. The maximum absolute atomic E-state index is 12.6. The number of allylic oxidation sites excluding steroid dienone is 5. The van der Waals surface area contributed by atoms with Crippen LogP contribution in [0.4, 0.5) is 0 Å². The number of oxime groups is 1. The van der Waals surface area contributed by atoms with Crippen molar-refractivity contribution < 1.29 is 23.2 Å². The fraction of sp³-hybridized carbons (Fsp3) is 0.300. The van der Waals surface area contributed by atoms with E-state index >= 15 is 0 Å². The average Bonchev–Trinajstić information content (AvgIpc) is 2.67. The average molecular weight is 441 g/mol. The van der Waals surface area contributed by atoms with Crippen LogP contribution in [0.25, 0.3) is 0 Å². The molecule has 1 unspecified atom stereocenters. The predicted octanol–water partition coefficient (Wildman–Crippen LogP) is 3.92. The number of carboxylic acids is 1. The van der Waals surface area contributed by atoms with E-state index in [1.807, 2.05) is 6.92 Å². The Labute approximate surface area is 177 Å². The number of benzene rings is 1. The zero-order chi connectivity index (χ0) is 21.0. The van der Waals surface area contributed by atoms with Gasteiger partial charge in [0.15, 0.2) is 0 Å². The number of carbonyl (C=O) groups is 1. The van der Waals surface area contributed by atoms with Gasteiger partial charge in [0.05, 0.1) is 6.21 Å². The second kappa shape index (κ2) is 13.8. The van der Waals surface area contributed by atoms with Gasteiger partial charge in [0, 0.05) is 0 Å². The van der Waals surface area contributed by atoms with Gasteiger partial charge in [0.1, 0.15) is 16.0 Å². The Morgan fingerprint density at radius 3 is 2.52 bits per heavy atom. The van der Waals surface area contributed by atoms with Crippen molar-refractivity contribution >= 4 is 34.0 Å². The highest BCUT2D eigenvalue weighted by Crippen LogP contribution is 2.19. The lowest BCUT2D eigenvalue weighted by Gasteiger charge is -2.15. The topological polar surface area (TPSA) is 105 Å². The van der Waals surface area contributed by atoms with Crippen molar-refractivity contribution in [3.05, 3.63) is 70.2 Å². The third-order valence-corrected chi connectivity index (χ3v) is 6.40. The van der Waals surface area contributed by atoms with Crippen molar-refractivity contribution in [2.45, 2.75) is 33.7 Å². The van der Waals surface area contributed by atoms with E-state index in [0.29, 0.717) is 5.76 Å². The maximum Gasteiger partial charge on any atom is 0.322 e. The largest absolute Gasteiger partial charge is 0.480 e. The molecule has 0 radical (unpaired) electrons. The molecule has 0 aliphatic heterocycles. The Hall–Kier alpha value is -2.36. The lowest BCUT2D eigenvalue weighted by molar-refractivity contribution is -0.138. The summed E-state index contributed by atoms with van der Waals surface area (Å²) in [5, 5.41) is 13.1. The molecule has 0 aliphatic carbocycles. The number of nitrogens with zero attached hydrogens (tertiary/aromatic N) is 1. The molecule has 0 aromatic heterocycles. The number of thioether (sulfide) groups is 1. The molecule has 0 fully saturated rings. The van der Waals surface area contributed by atoms with Gasteiger partial charge >= 0.3 is 5.97 Å². The summed E-state index contributed by atoms with van der Waals surface area (Å²) in [6, 6.07) is 7.56. The summed E-state index contributed by atoms with van der Waals surface area (Å²) in [4.78, 5) is 16.5. The Morgan fingerprint density at radius 2 is 1.97 bits per heavy atom. The SMILES string of the molecule is C.C/C=C(/C)O/N=C/C=C/C=C(\SC)S(=O)(=O)NC(Cc1ccccc1)C(=O)O. The molecule has 2 N–H and O–H groups in total. The Morgan fingerprint density at radius 1 is 1.31 bits per heavy atom. The second-order valence-electron chi connectivity index (χ2n) is 5.52. The molecular formula is C20H28N2O5S2. The molecular weight excluding hydrogens is 412 g/mol. The molecule has 0 heterocycles. The molecule has 160 valence electrons. The molecule has 1 atom stereocenters. The van der Waals surface area contributed by atoms with Crippen molar-refractivity contribution in [1.29, 1.82) is 0 Å². The molecule has 9 heteroatoms. The zero-order valence-corrected chi connectivity index (χ0v) is 17.5. The van der Waals surface area contributed by atoms with Crippen LogP contribution < -0.4 is 4.72 Å². The van der Waals surface area contributed by atoms with Gasteiger partial charge in [-0.25, -0.2) is 8.42 Å². The van der Waals surface area contributed by atoms with E-state index in [2.05, 4.69) is 9.88 Å². The number of sulfonamides is 1. The van der Waals surface area contributed by atoms with E-state index in [0.717, 1.165) is 17.3 Å². The standard InChI is InChI=1S/C19H24N2O5S2.CH4/c1-4-15(2)26-20-13-9-8-12-18(27-3)28(24,25)21-17(19(22)23)14-16-10-6-5-7-11-16;/h4-13,17,21H,14H2,1-3H3,(H,22,23);1H4/b9-8+,15-4-,18-12+,20-13+;. The Bertz CT molecular complexity index is 860. The van der Waals surface area contributed by atoms with E-state index in [-0.39, 0.29) is 18.1 Å². The smallest absolute Gasteiger partial charge is 0.322 e. The van der Waals surface area contributed by atoms with Crippen molar-refractivity contribution in [2.24, 2.45) is 5.16 Å². The molecule has 7 nitrogen and oxygen atoms in total. The number of rotatable bonds is 11. The summed E-state index contributed by atoms with van der Waals surface area (Å²) in [7, 11) is -3.99. The number of carboxylic acid groups (broad SMARTS) is 1. The van der Waals surface area contributed by atoms with E-state index < -0.39 is 22.0 Å². The fourth-order valence-electron chi connectivity index (χ4n) is 1.93. The van der Waals surface area contributed by atoms with E-state index in [1.165, 1.54) is 24.4 Å². The molecule has 1 aromatic rings. The first-order valence-electron chi connectivity index (χ1n) is 8.33. The number of nitrogens with one attached hydrogen (secondary N) is 1. The summed E-state index contributed by atoms with van der Waals surface area (Å²) in [6.45, 7) is 3.56. The summed E-state index contributed by atoms with van der Waals surface area (Å²) in [6.07, 6.45) is 9.11. The second-order valence-corrected chi connectivity index (χ2v) is 8.31. The van der Waals surface area contributed by atoms with Crippen molar-refractivity contribution in [3.8, 4) is 0 Å². The van der Waals surface area contributed by atoms with Gasteiger partial charge in [-0.3, -0.25) is 4.79 Å². The third kappa shape index (κ3) is 10.1. The molecule has 0 saturated heterocycles. The summed E-state index contributed by atoms with van der Waals surface area (Å²) < 4.78 is 27.3. The highest BCUT2D eigenvalue weighted by atomic mass is 32.3. The van der Waals surface area contributed by atoms with Gasteiger partial charge in [-0.05, 0) is 50.3 Å². The monoisotopic (exact) mass is 440 g/mol. The summed E-state index contributed by atoms with van der Waals surface area (Å²) >= 11 is 0.991. The van der Waals surface area contributed by atoms with Gasteiger partial charge in [0.2, 0.25) is 10.0 Å². The van der Waals surface area contributed by atoms with Crippen LogP contribution >= 0.6 is 11.8 Å². The Kier molecular flexibility index (Phi) is 12.6. The van der Waals surface area contributed by atoms with E-state index in [9.17, 15) is 18.3 Å². The molecule has 1 rings (SSSR count). The minimum Gasteiger partial charge on any atom is -0.480 e. The van der Waals surface area contributed by atoms with Crippen LogP contribution in [0, 0.1) is 0 Å². The van der Waals surface area contributed by atoms with Crippen LogP contribution in [-0.2, 0) is 26.1 Å². The third-order valence-electron chi connectivity index (χ3n) is 3.44. The van der Waals surface area contributed by atoms with Crippen molar-refractivity contribution in [2.75, 3.05) is 6.26 Å². The molecule has 0 saturated carbocycles. The first-order valence-corrected chi connectivity index (χ1v) is 11.0. The Balaban J connectivity index is 0.00000784. The molecule has 0 aliphatic rings. The normalized spacial score (nSPS) is 14.0. The van der Waals surface area contributed by atoms with Crippen LogP contribution in [0.5, 0.6) is 0 Å². The van der Waals surface area contributed by atoms with Crippen molar-refractivity contribution in [1.82, 2.24) is 4.72 Å². The zero-order valence-electron chi connectivity index (χ0n) is 15.9. The van der Waals surface area contributed by atoms with Gasteiger partial charge < -0.3 is 9.94 Å². The summed E-state index contributed by atoms with van der Waals surface area (Å²) in [5.74, 6) is -0.609. The number of hydrogen-bond acceptors (Lipinski definition) is 6. The minimum absolute atomic E-state index is 0. The lowest BCUT2D eigenvalue weighted by atomic mass is 10.1. The molecule has 0 spiro atoms. The van der Waals surface area contributed by atoms with E-state index in [1.54, 1.807) is 49.6 Å². The highest BCUT2D eigenvalue weighted by Gasteiger charge is 2.26.